The van der Waals surface area contributed by atoms with Crippen molar-refractivity contribution in [3.63, 3.8) is 0 Å². The molecule has 0 aromatic rings. The van der Waals surface area contributed by atoms with E-state index < -0.39 is 15.6 Å². The third-order valence-electron chi connectivity index (χ3n) is 0.200. The summed E-state index contributed by atoms with van der Waals surface area (Å²) in [4.78, 5) is 37.3. The van der Waals surface area contributed by atoms with Crippen molar-refractivity contribution in [1.82, 2.24) is 0 Å². The van der Waals surface area contributed by atoms with Crippen LogP contribution in [0.15, 0.2) is 0 Å². The maximum absolute atomic E-state index is 9.32. The molecule has 0 fully saturated rings. The molecular formula is O7P2Tc-4. The van der Waals surface area contributed by atoms with E-state index in [1.807, 2.05) is 0 Å². The molecule has 0 aromatic heterocycles. The summed E-state index contributed by atoms with van der Waals surface area (Å²) in [5.74, 6) is 0. The average Bonchev–Trinajstić information content (AvgIpc) is 1.14. The minimum absolute atomic E-state index is 0. The molecule has 0 N–H and O–H groups in total. The number of hydrogen-bond acceptors (Lipinski definition) is 7. The van der Waals surface area contributed by atoms with Crippen molar-refractivity contribution in [2.24, 2.45) is 0 Å². The standard InChI is InChI=1S/H4O7P2.Tc/c1-8(2,3)7-9(4,5)6;/h(H2,1,2,3)(H2,4,5,6);/p-4/i;1+1. The van der Waals surface area contributed by atoms with E-state index in [0.717, 1.165) is 0 Å². The topological polar surface area (TPSA) is 136 Å². The monoisotopic (exact) mass is 273 g/mol. The average molecular weight is 273 g/mol. The van der Waals surface area contributed by atoms with Crippen molar-refractivity contribution in [2.75, 3.05) is 0 Å². The largest absolute Gasteiger partial charge is 0.790 e. The summed E-state index contributed by atoms with van der Waals surface area (Å²) in [6, 6.07) is 0. The minimum Gasteiger partial charge on any atom is -0.790 e. The second kappa shape index (κ2) is 4.07. The van der Waals surface area contributed by atoms with Gasteiger partial charge >= 0.3 is 0 Å². The van der Waals surface area contributed by atoms with E-state index in [2.05, 4.69) is 4.31 Å². The van der Waals surface area contributed by atoms with Crippen molar-refractivity contribution < 1.29 is 53.1 Å². The Morgan fingerprint density at radius 1 is 0.900 bits per heavy atom. The molecule has 0 aromatic carbocycles. The van der Waals surface area contributed by atoms with Crippen LogP contribution in [-0.4, -0.2) is 0 Å². The van der Waals surface area contributed by atoms with Crippen LogP contribution in [0.4, 0.5) is 0 Å². The van der Waals surface area contributed by atoms with Crippen LogP contribution in [0.1, 0.15) is 0 Å². The summed E-state index contributed by atoms with van der Waals surface area (Å²) < 4.78 is 21.2. The zero-order valence-corrected chi connectivity index (χ0v) is 7.78. The van der Waals surface area contributed by atoms with E-state index in [1.54, 1.807) is 0 Å². The number of rotatable bonds is 2. The maximum Gasteiger partial charge on any atom is 0.0655 e. The molecule has 10 heavy (non-hydrogen) atoms. The number of hydrogen-bond donors (Lipinski definition) is 0. The Labute approximate surface area is 69.2 Å². The molecule has 10 heteroatoms. The first-order valence-electron chi connectivity index (χ1n) is 1.46. The van der Waals surface area contributed by atoms with E-state index in [1.165, 1.54) is 0 Å². The fourth-order valence-electron chi connectivity index (χ4n) is 0.122. The third-order valence-corrected chi connectivity index (χ3v) is 1.80. The van der Waals surface area contributed by atoms with Crippen LogP contribution >= 0.6 is 15.6 Å². The van der Waals surface area contributed by atoms with E-state index in [9.17, 15) is 28.7 Å². The molecule has 0 bridgehead atoms. The summed E-state index contributed by atoms with van der Waals surface area (Å²) in [5.41, 5.74) is 0. The molecule has 0 saturated heterocycles. The molecule has 0 rings (SSSR count). The van der Waals surface area contributed by atoms with Crippen molar-refractivity contribution in [3.8, 4) is 0 Å². The smallest absolute Gasteiger partial charge is 0.0655 e. The van der Waals surface area contributed by atoms with Gasteiger partial charge in [0.25, 0.3) is 0 Å². The summed E-state index contributed by atoms with van der Waals surface area (Å²) in [6.45, 7) is 0. The fourth-order valence-corrected chi connectivity index (χ4v) is 1.10. The van der Waals surface area contributed by atoms with Gasteiger partial charge in [0.1, 0.15) is 0 Å². The molecule has 1 radical (unpaired) electrons. The molecule has 0 amide bonds. The Hall–Kier alpha value is 0.909. The summed E-state index contributed by atoms with van der Waals surface area (Å²) in [5, 5.41) is 0. The van der Waals surface area contributed by atoms with Gasteiger partial charge in [-0.3, -0.25) is 0 Å². The second-order valence-electron chi connectivity index (χ2n) is 0.976. The van der Waals surface area contributed by atoms with E-state index >= 15 is 0 Å². The second-order valence-corrected chi connectivity index (χ2v) is 3.42. The van der Waals surface area contributed by atoms with Gasteiger partial charge in [-0.25, -0.2) is 0 Å². The van der Waals surface area contributed by atoms with Gasteiger partial charge in [-0.1, -0.05) is 0 Å². The first-order valence-corrected chi connectivity index (χ1v) is 4.38. The minimum atomic E-state index is -5.68. The van der Waals surface area contributed by atoms with Crippen molar-refractivity contribution in [1.29, 1.82) is 0 Å². The van der Waals surface area contributed by atoms with Crippen LogP contribution in [0, 0.1) is 0 Å². The molecule has 0 aliphatic carbocycles. The van der Waals surface area contributed by atoms with Gasteiger partial charge in [0, 0.05) is 20.1 Å². The maximum atomic E-state index is 9.32. The predicted molar refractivity (Wildman–Crippen MR) is 16.3 cm³/mol. The Balaban J connectivity index is 0. The van der Waals surface area contributed by atoms with Gasteiger partial charge in [0.05, 0.1) is 15.6 Å². The molecule has 0 heterocycles. The summed E-state index contributed by atoms with van der Waals surface area (Å²) in [6.07, 6.45) is 0. The van der Waals surface area contributed by atoms with Gasteiger partial charge in [0.15, 0.2) is 0 Å². The van der Waals surface area contributed by atoms with Crippen LogP contribution in [-0.2, 0) is 33.5 Å². The first kappa shape index (κ1) is 13.5. The van der Waals surface area contributed by atoms with Gasteiger partial charge in [-0.05, 0) is 0 Å². The Kier molecular flexibility index (Phi) is 5.49. The van der Waals surface area contributed by atoms with Gasteiger partial charge in [-0.2, -0.15) is 0 Å². The summed E-state index contributed by atoms with van der Waals surface area (Å²) >= 11 is 0. The van der Waals surface area contributed by atoms with Crippen LogP contribution < -0.4 is 19.6 Å². The molecule has 0 spiro atoms. The quantitative estimate of drug-likeness (QED) is 0.479. The molecule has 0 aliphatic rings. The van der Waals surface area contributed by atoms with Gasteiger partial charge in [-0.15, -0.1) is 0 Å². The van der Waals surface area contributed by atoms with E-state index in [-0.39, 0.29) is 20.1 Å². The molecule has 0 aliphatic heterocycles. The van der Waals surface area contributed by atoms with Crippen LogP contribution in [0.5, 0.6) is 0 Å². The van der Waals surface area contributed by atoms with Crippen molar-refractivity contribution in [2.45, 2.75) is 0 Å². The van der Waals surface area contributed by atoms with Gasteiger partial charge in [0.2, 0.25) is 0 Å². The van der Waals surface area contributed by atoms with Crippen molar-refractivity contribution in [3.05, 3.63) is 0 Å². The third kappa shape index (κ3) is 11.7. The zero-order chi connectivity index (χ0) is 7.71. The molecule has 0 unspecified atom stereocenters. The van der Waals surface area contributed by atoms with Gasteiger partial charge < -0.3 is 33.0 Å². The zero-order valence-electron chi connectivity index (χ0n) is 4.13. The molecule has 7 nitrogen and oxygen atoms in total. The summed E-state index contributed by atoms with van der Waals surface area (Å²) in [7, 11) is -11.4. The SMILES string of the molecule is O=P([O-])([O-])OP(=O)([O-])[O-].[99Tc]. The van der Waals surface area contributed by atoms with E-state index in [4.69, 9.17) is 0 Å². The molecule has 63 valence electrons. The van der Waals surface area contributed by atoms with Crippen LogP contribution in [0.3, 0.4) is 0 Å². The Bertz CT molecular complexity index is 152. The fraction of sp³-hybridized carbons (Fsp3) is 0. The molecular weight excluding hydrogens is 273 g/mol. The van der Waals surface area contributed by atoms with Crippen LogP contribution in [0.25, 0.3) is 0 Å². The predicted octanol–water partition coefficient (Wildman–Crippen LogP) is -3.34. The Morgan fingerprint density at radius 2 is 1.10 bits per heavy atom. The van der Waals surface area contributed by atoms with E-state index in [0.29, 0.717) is 0 Å². The molecule has 0 atom stereocenters. The number of phosphoric acid groups is 2. The Morgan fingerprint density at radius 3 is 1.10 bits per heavy atom. The first-order chi connectivity index (χ1) is 3.71. The molecule has 0 saturated carbocycles. The van der Waals surface area contributed by atoms with Crippen LogP contribution in [0.2, 0.25) is 0 Å². The van der Waals surface area contributed by atoms with Crippen molar-refractivity contribution >= 4 is 15.6 Å². The normalized spacial score (nSPS) is 12.4.